The number of nitrogen functional groups attached to an aromatic ring is 1. The Balaban J connectivity index is 2.62. The van der Waals surface area contributed by atoms with Gasteiger partial charge in [0.2, 0.25) is 5.60 Å². The van der Waals surface area contributed by atoms with Crippen molar-refractivity contribution in [3.8, 4) is 0 Å². The number of ether oxygens (including phenoxy) is 3. The van der Waals surface area contributed by atoms with Crippen LogP contribution in [0.5, 0.6) is 0 Å². The molecule has 1 aromatic heterocycles. The molecule has 1 aliphatic rings. The van der Waals surface area contributed by atoms with Crippen LogP contribution in [0, 0.1) is 6.92 Å². The molecule has 0 aliphatic carbocycles. The van der Waals surface area contributed by atoms with E-state index < -0.39 is 48.3 Å². The van der Waals surface area contributed by atoms with E-state index >= 15 is 0 Å². The van der Waals surface area contributed by atoms with Gasteiger partial charge in [-0.3, -0.25) is 9.36 Å². The van der Waals surface area contributed by atoms with Gasteiger partial charge in [-0.1, -0.05) is 0 Å². The van der Waals surface area contributed by atoms with Gasteiger partial charge in [0.05, 0.1) is 26.4 Å². The molecule has 1 aliphatic heterocycles. The molecule has 0 aromatic carbocycles. The van der Waals surface area contributed by atoms with E-state index in [2.05, 4.69) is 4.98 Å². The molecule has 0 bridgehead atoms. The zero-order valence-electron chi connectivity index (χ0n) is 15.0. The molecule has 12 nitrogen and oxygen atoms in total. The number of aryl methyl sites for hydroxylation is 1. The van der Waals surface area contributed by atoms with Gasteiger partial charge in [0.15, 0.2) is 11.8 Å². The summed E-state index contributed by atoms with van der Waals surface area (Å²) < 4.78 is 16.9. The van der Waals surface area contributed by atoms with Crippen LogP contribution in [-0.4, -0.2) is 81.6 Å². The third kappa shape index (κ3) is 3.31. The van der Waals surface area contributed by atoms with Crippen LogP contribution in [0.15, 0.2) is 11.0 Å². The number of carbonyl (C=O) groups is 1. The number of amides is 1. The van der Waals surface area contributed by atoms with E-state index in [-0.39, 0.29) is 19.0 Å². The maximum Gasteiger partial charge on any atom is 0.351 e. The molecular formula is C15H24N4O8. The molecule has 0 saturated carbocycles. The third-order valence-corrected chi connectivity index (χ3v) is 4.63. The number of anilines is 1. The molecule has 0 unspecified atom stereocenters. The van der Waals surface area contributed by atoms with Crippen molar-refractivity contribution in [2.75, 3.05) is 39.3 Å². The van der Waals surface area contributed by atoms with Gasteiger partial charge >= 0.3 is 5.69 Å². The van der Waals surface area contributed by atoms with Gasteiger partial charge in [0, 0.05) is 18.9 Å². The van der Waals surface area contributed by atoms with E-state index in [9.17, 15) is 24.9 Å². The van der Waals surface area contributed by atoms with Gasteiger partial charge < -0.3 is 41.0 Å². The number of aromatic nitrogens is 2. The molecule has 1 saturated heterocycles. The van der Waals surface area contributed by atoms with Crippen LogP contribution in [0.25, 0.3) is 0 Å². The third-order valence-electron chi connectivity index (χ3n) is 4.63. The van der Waals surface area contributed by atoms with E-state index in [1.807, 2.05) is 0 Å². The van der Waals surface area contributed by atoms with E-state index in [0.717, 1.165) is 4.57 Å². The summed E-state index contributed by atoms with van der Waals surface area (Å²) in [7, 11) is 1.41. The Bertz CT molecular complexity index is 750. The summed E-state index contributed by atoms with van der Waals surface area (Å²) in [5.41, 5.74) is 5.68. The Morgan fingerprint density at radius 2 is 2.04 bits per heavy atom. The first-order valence-corrected chi connectivity index (χ1v) is 8.06. The lowest BCUT2D eigenvalue weighted by Gasteiger charge is -2.37. The normalized spacial score (nSPS) is 27.0. The Kier molecular flexibility index (Phi) is 6.19. The van der Waals surface area contributed by atoms with Crippen molar-refractivity contribution in [2.45, 2.75) is 30.5 Å². The van der Waals surface area contributed by atoms with Crippen molar-refractivity contribution in [3.05, 3.63) is 22.2 Å². The Morgan fingerprint density at radius 1 is 1.41 bits per heavy atom. The number of aliphatic hydroxyl groups is 3. The van der Waals surface area contributed by atoms with E-state index in [1.54, 1.807) is 6.92 Å². The summed E-state index contributed by atoms with van der Waals surface area (Å²) in [5.74, 6) is -1.31. The molecule has 27 heavy (non-hydrogen) atoms. The lowest BCUT2D eigenvalue weighted by molar-refractivity contribution is -0.194. The summed E-state index contributed by atoms with van der Waals surface area (Å²) in [6.45, 7) is -0.365. The maximum absolute atomic E-state index is 12.3. The Morgan fingerprint density at radius 3 is 2.56 bits per heavy atom. The number of primary amides is 1. The average Bonchev–Trinajstić information content (AvgIpc) is 2.89. The van der Waals surface area contributed by atoms with Crippen LogP contribution < -0.4 is 17.2 Å². The molecule has 0 radical (unpaired) electrons. The van der Waals surface area contributed by atoms with E-state index in [4.69, 9.17) is 25.7 Å². The first kappa shape index (κ1) is 21.2. The molecule has 1 aromatic rings. The minimum Gasteiger partial charge on any atom is -0.393 e. The lowest BCUT2D eigenvalue weighted by Crippen LogP contribution is -2.67. The Labute approximate surface area is 154 Å². The number of nitrogens with two attached hydrogens (primary N) is 2. The van der Waals surface area contributed by atoms with Crippen LogP contribution in [0.4, 0.5) is 5.82 Å². The van der Waals surface area contributed by atoms with Crippen molar-refractivity contribution >= 4 is 11.7 Å². The standard InChI is InChI=1S/C15H24N4O8/c1-8-5-19(13(23)18-10(8)16)11-9(26-4-3-25-2)15(24,12(17)22)14(6-20,7-21)27-11/h5,9,11,20-21,24H,3-4,6-7H2,1-2H3,(H2,17,22)(H2,16,18,23)/t9-,11+,15+/m0/s1. The van der Waals surface area contributed by atoms with Crippen molar-refractivity contribution < 1.29 is 34.3 Å². The fourth-order valence-corrected chi connectivity index (χ4v) is 3.00. The van der Waals surface area contributed by atoms with Gasteiger partial charge in [0.25, 0.3) is 5.91 Å². The molecule has 3 atom stereocenters. The maximum atomic E-state index is 12.3. The monoisotopic (exact) mass is 388 g/mol. The van der Waals surface area contributed by atoms with Crippen molar-refractivity contribution in [1.82, 2.24) is 9.55 Å². The van der Waals surface area contributed by atoms with Crippen molar-refractivity contribution in [1.29, 1.82) is 0 Å². The van der Waals surface area contributed by atoms with Crippen LogP contribution in [0.1, 0.15) is 11.8 Å². The average molecular weight is 388 g/mol. The second-order valence-electron chi connectivity index (χ2n) is 6.23. The van der Waals surface area contributed by atoms with Crippen LogP contribution in [-0.2, 0) is 19.0 Å². The number of carbonyl (C=O) groups excluding carboxylic acids is 1. The summed E-state index contributed by atoms with van der Waals surface area (Å²) >= 11 is 0. The Hall–Kier alpha value is -2.09. The topological polar surface area (TPSA) is 192 Å². The zero-order chi connectivity index (χ0) is 20.4. The van der Waals surface area contributed by atoms with Crippen molar-refractivity contribution in [3.63, 3.8) is 0 Å². The number of nitrogens with zero attached hydrogens (tertiary/aromatic N) is 2. The van der Waals surface area contributed by atoms with Gasteiger partial charge in [0.1, 0.15) is 11.9 Å². The fraction of sp³-hybridized carbons (Fsp3) is 0.667. The van der Waals surface area contributed by atoms with Crippen molar-refractivity contribution in [2.24, 2.45) is 5.73 Å². The number of hydrogen-bond donors (Lipinski definition) is 5. The lowest BCUT2D eigenvalue weighted by atomic mass is 9.80. The molecule has 2 heterocycles. The predicted octanol–water partition coefficient (Wildman–Crippen LogP) is -3.37. The highest BCUT2D eigenvalue weighted by Crippen LogP contribution is 2.45. The minimum atomic E-state index is -2.65. The SMILES string of the molecule is COCCO[C@H]1[C@H](n2cc(C)c(N)nc2=O)OC(CO)(CO)[C@]1(O)C(N)=O. The van der Waals surface area contributed by atoms with Gasteiger partial charge in [-0.05, 0) is 6.92 Å². The largest absolute Gasteiger partial charge is 0.393 e. The van der Waals surface area contributed by atoms with Gasteiger partial charge in [-0.15, -0.1) is 0 Å². The highest BCUT2D eigenvalue weighted by Gasteiger charge is 2.70. The second kappa shape index (κ2) is 7.88. The van der Waals surface area contributed by atoms with Crippen LogP contribution in [0.2, 0.25) is 0 Å². The molecule has 12 heteroatoms. The molecule has 152 valence electrons. The van der Waals surface area contributed by atoms with Gasteiger partial charge in [-0.2, -0.15) is 4.98 Å². The van der Waals surface area contributed by atoms with Crippen LogP contribution in [0.3, 0.4) is 0 Å². The first-order chi connectivity index (χ1) is 12.7. The molecule has 1 amide bonds. The highest BCUT2D eigenvalue weighted by molar-refractivity contribution is 5.86. The number of hydrogen-bond acceptors (Lipinski definition) is 10. The zero-order valence-corrected chi connectivity index (χ0v) is 15.0. The number of aliphatic hydroxyl groups excluding tert-OH is 2. The smallest absolute Gasteiger partial charge is 0.351 e. The summed E-state index contributed by atoms with van der Waals surface area (Å²) in [6.07, 6.45) is -1.68. The predicted molar refractivity (Wildman–Crippen MR) is 90.4 cm³/mol. The van der Waals surface area contributed by atoms with Crippen LogP contribution >= 0.6 is 0 Å². The minimum absolute atomic E-state index is 0.00755. The fourth-order valence-electron chi connectivity index (χ4n) is 3.00. The second-order valence-corrected chi connectivity index (χ2v) is 6.23. The highest BCUT2D eigenvalue weighted by atomic mass is 16.6. The molecule has 1 fully saturated rings. The molecular weight excluding hydrogens is 364 g/mol. The summed E-state index contributed by atoms with van der Waals surface area (Å²) in [4.78, 5) is 28.1. The number of rotatable bonds is 8. The molecule has 0 spiro atoms. The first-order valence-electron chi connectivity index (χ1n) is 8.06. The molecule has 7 N–H and O–H groups in total. The van der Waals surface area contributed by atoms with E-state index in [1.165, 1.54) is 13.3 Å². The molecule has 2 rings (SSSR count). The quantitative estimate of drug-likeness (QED) is 0.281. The summed E-state index contributed by atoms with van der Waals surface area (Å²) in [5, 5.41) is 30.6. The van der Waals surface area contributed by atoms with Gasteiger partial charge in [-0.25, -0.2) is 4.79 Å². The van der Waals surface area contributed by atoms with E-state index in [0.29, 0.717) is 5.56 Å². The summed E-state index contributed by atoms with van der Waals surface area (Å²) in [6, 6.07) is 0. The number of methoxy groups -OCH3 is 1.